The molecule has 1 N–H and O–H groups in total. The summed E-state index contributed by atoms with van der Waals surface area (Å²) in [6.45, 7) is 7.68. The van der Waals surface area contributed by atoms with E-state index in [-0.39, 0.29) is 11.8 Å². The summed E-state index contributed by atoms with van der Waals surface area (Å²) in [5, 5.41) is 3.13. The zero-order valence-corrected chi connectivity index (χ0v) is 21.3. The van der Waals surface area contributed by atoms with E-state index >= 15 is 0 Å². The smallest absolute Gasteiger partial charge is 0.253 e. The number of aryl methyl sites for hydroxylation is 1. The second-order valence-electron chi connectivity index (χ2n) is 10.5. The zero-order valence-electron chi connectivity index (χ0n) is 21.3. The van der Waals surface area contributed by atoms with Crippen LogP contribution in [-0.2, 0) is 11.2 Å². The largest absolute Gasteiger partial charge is 0.356 e. The molecule has 0 saturated carbocycles. The molecule has 5 nitrogen and oxygen atoms in total. The van der Waals surface area contributed by atoms with E-state index in [0.717, 1.165) is 62.5 Å². The Bertz CT molecular complexity index is 928. The number of hydrogen-bond acceptors (Lipinski definition) is 3. The Labute approximate surface area is 210 Å². The first kappa shape index (κ1) is 25.4. The molecule has 0 bridgehead atoms. The van der Waals surface area contributed by atoms with E-state index in [1.807, 2.05) is 36.1 Å². The summed E-state index contributed by atoms with van der Waals surface area (Å²) in [5.74, 6) is 1.44. The number of carbonyl (C=O) groups is 2. The topological polar surface area (TPSA) is 52.7 Å². The van der Waals surface area contributed by atoms with Gasteiger partial charge in [-0.25, -0.2) is 0 Å². The molecule has 2 aliphatic heterocycles. The van der Waals surface area contributed by atoms with Gasteiger partial charge in [-0.15, -0.1) is 0 Å². The van der Waals surface area contributed by atoms with Crippen molar-refractivity contribution in [1.82, 2.24) is 15.1 Å². The van der Waals surface area contributed by atoms with Crippen LogP contribution in [0.3, 0.4) is 0 Å². The summed E-state index contributed by atoms with van der Waals surface area (Å²) in [6.07, 6.45) is 7.14. The van der Waals surface area contributed by atoms with Crippen LogP contribution in [-0.4, -0.2) is 60.9 Å². The summed E-state index contributed by atoms with van der Waals surface area (Å²) in [6, 6.07) is 18.6. The minimum absolute atomic E-state index is 0.108. The summed E-state index contributed by atoms with van der Waals surface area (Å²) >= 11 is 0. The molecule has 2 aromatic carbocycles. The molecule has 0 unspecified atom stereocenters. The van der Waals surface area contributed by atoms with Crippen molar-refractivity contribution in [3.05, 3.63) is 71.3 Å². The molecule has 4 rings (SSSR count). The lowest BCUT2D eigenvalue weighted by Crippen LogP contribution is -2.40. The van der Waals surface area contributed by atoms with Gasteiger partial charge in [0, 0.05) is 31.6 Å². The highest BCUT2D eigenvalue weighted by molar-refractivity contribution is 5.94. The monoisotopic (exact) mass is 475 g/mol. The van der Waals surface area contributed by atoms with Crippen molar-refractivity contribution in [2.45, 2.75) is 51.9 Å². The third-order valence-corrected chi connectivity index (χ3v) is 7.72. The van der Waals surface area contributed by atoms with Crippen LogP contribution < -0.4 is 5.32 Å². The number of hydrogen-bond donors (Lipinski definition) is 1. The fourth-order valence-electron chi connectivity index (χ4n) is 5.45. The number of nitrogens with zero attached hydrogens (tertiary/aromatic N) is 2. The summed E-state index contributed by atoms with van der Waals surface area (Å²) < 4.78 is 0. The van der Waals surface area contributed by atoms with Crippen molar-refractivity contribution in [3.8, 4) is 0 Å². The second-order valence-corrected chi connectivity index (χ2v) is 10.5. The number of likely N-dealkylation sites (tertiary alicyclic amines) is 2. The van der Waals surface area contributed by atoms with Gasteiger partial charge in [0.05, 0.1) is 0 Å². The van der Waals surface area contributed by atoms with Gasteiger partial charge >= 0.3 is 0 Å². The highest BCUT2D eigenvalue weighted by atomic mass is 16.2. The highest BCUT2D eigenvalue weighted by Gasteiger charge is 2.25. The van der Waals surface area contributed by atoms with Crippen LogP contribution in [0.4, 0.5) is 0 Å². The molecule has 2 fully saturated rings. The second kappa shape index (κ2) is 12.9. The van der Waals surface area contributed by atoms with Crippen molar-refractivity contribution in [3.63, 3.8) is 0 Å². The van der Waals surface area contributed by atoms with Crippen LogP contribution in [0.2, 0.25) is 0 Å². The third kappa shape index (κ3) is 7.93. The minimum Gasteiger partial charge on any atom is -0.356 e. The molecule has 35 heavy (non-hydrogen) atoms. The molecule has 5 heteroatoms. The summed E-state index contributed by atoms with van der Waals surface area (Å²) in [4.78, 5) is 29.6. The Kier molecular flexibility index (Phi) is 9.35. The molecular weight excluding hydrogens is 434 g/mol. The molecule has 2 aliphatic rings. The fourth-order valence-corrected chi connectivity index (χ4v) is 5.45. The summed E-state index contributed by atoms with van der Waals surface area (Å²) in [5.41, 5.74) is 3.37. The molecule has 0 spiro atoms. The third-order valence-electron chi connectivity index (χ3n) is 7.72. The zero-order chi connectivity index (χ0) is 24.5. The average Bonchev–Trinajstić information content (AvgIpc) is 2.89. The lowest BCUT2D eigenvalue weighted by molar-refractivity contribution is -0.122. The predicted molar refractivity (Wildman–Crippen MR) is 141 cm³/mol. The minimum atomic E-state index is 0.108. The number of carbonyl (C=O) groups excluding carboxylic acids is 2. The van der Waals surface area contributed by atoms with Gasteiger partial charge in [0.15, 0.2) is 0 Å². The van der Waals surface area contributed by atoms with Crippen LogP contribution in [0, 0.1) is 18.8 Å². The SMILES string of the molecule is Cc1ccc(C(=O)N2CCC(CC(=O)NCCCN3CCC(Cc4ccccc4)CC3)CC2)cc1. The standard InChI is InChI=1S/C30H41N3O2/c1-24-8-10-28(11-9-24)30(35)33-20-14-27(15-21-33)23-29(34)31-16-5-17-32-18-12-26(13-19-32)22-25-6-3-2-4-7-25/h2-4,6-11,26-27H,5,12-23H2,1H3,(H,31,34). The Hall–Kier alpha value is -2.66. The lowest BCUT2D eigenvalue weighted by Gasteiger charge is -2.32. The Morgan fingerprint density at radius 2 is 1.51 bits per heavy atom. The molecule has 2 amide bonds. The van der Waals surface area contributed by atoms with Gasteiger partial charge in [-0.2, -0.15) is 0 Å². The number of benzene rings is 2. The van der Waals surface area contributed by atoms with Gasteiger partial charge in [0.25, 0.3) is 5.91 Å². The van der Waals surface area contributed by atoms with Crippen LogP contribution in [0.15, 0.2) is 54.6 Å². The molecule has 0 radical (unpaired) electrons. The molecule has 2 saturated heterocycles. The maximum absolute atomic E-state index is 12.7. The molecular formula is C30H41N3O2. The normalized spacial score (nSPS) is 17.9. The van der Waals surface area contributed by atoms with Crippen molar-refractivity contribution >= 4 is 11.8 Å². The first-order valence-electron chi connectivity index (χ1n) is 13.5. The van der Waals surface area contributed by atoms with Gasteiger partial charge < -0.3 is 15.1 Å². The number of nitrogens with one attached hydrogen (secondary N) is 1. The predicted octanol–water partition coefficient (Wildman–Crippen LogP) is 4.70. The first-order valence-corrected chi connectivity index (χ1v) is 13.5. The highest BCUT2D eigenvalue weighted by Crippen LogP contribution is 2.23. The summed E-state index contributed by atoms with van der Waals surface area (Å²) in [7, 11) is 0. The first-order chi connectivity index (χ1) is 17.1. The van der Waals surface area contributed by atoms with Gasteiger partial charge in [0.1, 0.15) is 0 Å². The van der Waals surface area contributed by atoms with E-state index in [4.69, 9.17) is 0 Å². The van der Waals surface area contributed by atoms with Crippen LogP contribution in [0.1, 0.15) is 60.0 Å². The maximum atomic E-state index is 12.7. The van der Waals surface area contributed by atoms with Gasteiger partial charge in [-0.3, -0.25) is 9.59 Å². The van der Waals surface area contributed by atoms with E-state index < -0.39 is 0 Å². The van der Waals surface area contributed by atoms with Crippen LogP contribution >= 0.6 is 0 Å². The Balaban J connectivity index is 1.05. The van der Waals surface area contributed by atoms with E-state index in [1.165, 1.54) is 37.9 Å². The number of piperidine rings is 2. The molecule has 188 valence electrons. The van der Waals surface area contributed by atoms with Crippen LogP contribution in [0.25, 0.3) is 0 Å². The lowest BCUT2D eigenvalue weighted by atomic mass is 9.90. The fraction of sp³-hybridized carbons (Fsp3) is 0.533. The van der Waals surface area contributed by atoms with E-state index in [2.05, 4.69) is 40.5 Å². The number of amides is 2. The van der Waals surface area contributed by atoms with Crippen molar-refractivity contribution in [2.75, 3.05) is 39.3 Å². The van der Waals surface area contributed by atoms with E-state index in [9.17, 15) is 9.59 Å². The Morgan fingerprint density at radius 3 is 2.20 bits per heavy atom. The van der Waals surface area contributed by atoms with Crippen LogP contribution in [0.5, 0.6) is 0 Å². The Morgan fingerprint density at radius 1 is 0.857 bits per heavy atom. The quantitative estimate of drug-likeness (QED) is 0.535. The van der Waals surface area contributed by atoms with Gasteiger partial charge in [-0.05, 0) is 94.6 Å². The molecule has 2 aromatic rings. The van der Waals surface area contributed by atoms with Gasteiger partial charge in [0.2, 0.25) is 5.91 Å². The maximum Gasteiger partial charge on any atom is 0.253 e. The van der Waals surface area contributed by atoms with Crippen molar-refractivity contribution < 1.29 is 9.59 Å². The van der Waals surface area contributed by atoms with Crippen molar-refractivity contribution in [1.29, 1.82) is 0 Å². The van der Waals surface area contributed by atoms with Gasteiger partial charge in [-0.1, -0.05) is 48.0 Å². The molecule has 0 atom stereocenters. The van der Waals surface area contributed by atoms with E-state index in [0.29, 0.717) is 12.3 Å². The average molecular weight is 476 g/mol. The van der Waals surface area contributed by atoms with Crippen molar-refractivity contribution in [2.24, 2.45) is 11.8 Å². The molecule has 0 aliphatic carbocycles. The van der Waals surface area contributed by atoms with E-state index in [1.54, 1.807) is 0 Å². The molecule has 0 aromatic heterocycles. The molecule has 2 heterocycles. The number of rotatable bonds is 9.